The van der Waals surface area contributed by atoms with E-state index in [-0.39, 0.29) is 5.91 Å². The molecule has 0 saturated carbocycles. The minimum absolute atomic E-state index is 0.0736. The number of rotatable bonds is 3. The van der Waals surface area contributed by atoms with Gasteiger partial charge in [-0.1, -0.05) is 12.1 Å². The molecule has 1 fully saturated rings. The molecule has 2 aromatic rings. The number of likely N-dealkylation sites (N-methyl/N-ethyl adjacent to an activating group) is 1. The summed E-state index contributed by atoms with van der Waals surface area (Å²) in [4.78, 5) is 21.7. The predicted octanol–water partition coefficient (Wildman–Crippen LogP) is 3.48. The monoisotopic (exact) mass is 375 g/mol. The molecule has 2 heterocycles. The number of amides is 1. The Hall–Kier alpha value is -2.86. The molecule has 144 valence electrons. The Morgan fingerprint density at radius 2 is 1.93 bits per heavy atom. The molecule has 1 saturated heterocycles. The lowest BCUT2D eigenvalue weighted by Gasteiger charge is -2.32. The van der Waals surface area contributed by atoms with Crippen LogP contribution >= 0.6 is 0 Å². The van der Waals surface area contributed by atoms with Crippen LogP contribution < -0.4 is 0 Å². The van der Waals surface area contributed by atoms with Crippen LogP contribution in [0, 0.1) is 6.92 Å². The molecule has 28 heavy (non-hydrogen) atoms. The summed E-state index contributed by atoms with van der Waals surface area (Å²) in [6.45, 7) is 5.39. The van der Waals surface area contributed by atoms with Gasteiger partial charge in [0.2, 0.25) is 0 Å². The summed E-state index contributed by atoms with van der Waals surface area (Å²) in [7, 11) is 3.76. The van der Waals surface area contributed by atoms with E-state index in [1.165, 1.54) is 0 Å². The Balaban J connectivity index is 1.62. The number of nitrogens with zero attached hydrogens (tertiary/aromatic N) is 5. The first-order chi connectivity index (χ1) is 13.6. The van der Waals surface area contributed by atoms with Crippen LogP contribution in [0.4, 0.5) is 5.69 Å². The van der Waals surface area contributed by atoms with Crippen molar-refractivity contribution in [1.82, 2.24) is 14.8 Å². The third-order valence-corrected chi connectivity index (χ3v) is 5.51. The Kier molecular flexibility index (Phi) is 5.05. The number of azo groups is 1. The van der Waals surface area contributed by atoms with Crippen LogP contribution in [-0.2, 0) is 6.42 Å². The Bertz CT molecular complexity index is 971. The minimum Gasteiger partial charge on any atom is -0.336 e. The average Bonchev–Trinajstić information content (AvgIpc) is 3.13. The number of aromatic nitrogens is 1. The molecule has 0 bridgehead atoms. The molecule has 0 N–H and O–H groups in total. The van der Waals surface area contributed by atoms with Crippen molar-refractivity contribution in [2.75, 3.05) is 40.3 Å². The van der Waals surface area contributed by atoms with Gasteiger partial charge >= 0.3 is 0 Å². The van der Waals surface area contributed by atoms with E-state index in [4.69, 9.17) is 0 Å². The van der Waals surface area contributed by atoms with Crippen molar-refractivity contribution in [2.45, 2.75) is 13.3 Å². The maximum absolute atomic E-state index is 12.9. The standard InChI is InChI=1S/C22H25N5O/c1-15-12-16(4-6-20(15)25-23-2)18-5-7-21-19(18)13-17(14-24-21)22(28)27-10-8-26(3)9-11-27/h4-6,12-14H,7-11H2,1-3H3. The third kappa shape index (κ3) is 3.47. The van der Waals surface area contributed by atoms with Crippen molar-refractivity contribution in [3.05, 3.63) is 64.5 Å². The number of fused-ring (bicyclic) bond motifs is 1. The molecular formula is C22H25N5O. The van der Waals surface area contributed by atoms with E-state index in [1.807, 2.05) is 24.0 Å². The van der Waals surface area contributed by atoms with Gasteiger partial charge < -0.3 is 9.80 Å². The van der Waals surface area contributed by atoms with Gasteiger partial charge in [-0.2, -0.15) is 10.2 Å². The summed E-state index contributed by atoms with van der Waals surface area (Å²) in [6, 6.07) is 8.19. The number of aryl methyl sites for hydroxylation is 1. The SMILES string of the molecule is CN=Nc1ccc(C2=CCc3ncc(C(=O)N4CCN(C)CC4)cc32)cc1C. The predicted molar refractivity (Wildman–Crippen MR) is 110 cm³/mol. The lowest BCUT2D eigenvalue weighted by Crippen LogP contribution is -2.47. The quantitative estimate of drug-likeness (QED) is 0.772. The summed E-state index contributed by atoms with van der Waals surface area (Å²) in [5.74, 6) is 0.0736. The van der Waals surface area contributed by atoms with E-state index in [2.05, 4.69) is 45.4 Å². The van der Waals surface area contributed by atoms with E-state index in [0.29, 0.717) is 5.56 Å². The van der Waals surface area contributed by atoms with Gasteiger partial charge in [0, 0.05) is 51.4 Å². The van der Waals surface area contributed by atoms with Crippen molar-refractivity contribution in [2.24, 2.45) is 10.2 Å². The summed E-state index contributed by atoms with van der Waals surface area (Å²) < 4.78 is 0. The Morgan fingerprint density at radius 1 is 1.14 bits per heavy atom. The second-order valence-electron chi connectivity index (χ2n) is 7.44. The molecule has 0 unspecified atom stereocenters. The van der Waals surface area contributed by atoms with Gasteiger partial charge in [-0.05, 0) is 48.9 Å². The fourth-order valence-corrected chi connectivity index (χ4v) is 3.82. The van der Waals surface area contributed by atoms with E-state index in [1.54, 1.807) is 13.2 Å². The largest absolute Gasteiger partial charge is 0.336 e. The van der Waals surface area contributed by atoms with Crippen molar-refractivity contribution >= 4 is 17.2 Å². The second-order valence-corrected chi connectivity index (χ2v) is 7.44. The van der Waals surface area contributed by atoms with Gasteiger partial charge in [-0.3, -0.25) is 9.78 Å². The molecule has 1 amide bonds. The molecular weight excluding hydrogens is 350 g/mol. The number of carbonyl (C=O) groups excluding carboxylic acids is 1. The zero-order valence-electron chi connectivity index (χ0n) is 16.6. The highest BCUT2D eigenvalue weighted by Gasteiger charge is 2.24. The number of hydrogen-bond acceptors (Lipinski definition) is 5. The van der Waals surface area contributed by atoms with Gasteiger partial charge in [0.25, 0.3) is 5.91 Å². The van der Waals surface area contributed by atoms with Crippen LogP contribution in [0.25, 0.3) is 5.57 Å². The van der Waals surface area contributed by atoms with Crippen LogP contribution in [0.2, 0.25) is 0 Å². The summed E-state index contributed by atoms with van der Waals surface area (Å²) in [6.07, 6.45) is 4.72. The van der Waals surface area contributed by atoms with Gasteiger partial charge in [-0.25, -0.2) is 0 Å². The zero-order chi connectivity index (χ0) is 19.7. The third-order valence-electron chi connectivity index (χ3n) is 5.51. The molecule has 1 aromatic heterocycles. The van der Waals surface area contributed by atoms with Gasteiger partial charge in [0.15, 0.2) is 0 Å². The first kappa shape index (κ1) is 18.5. The van der Waals surface area contributed by atoms with Crippen LogP contribution in [-0.4, -0.2) is 61.0 Å². The van der Waals surface area contributed by atoms with Crippen molar-refractivity contribution < 1.29 is 4.79 Å². The summed E-state index contributed by atoms with van der Waals surface area (Å²) in [5, 5.41) is 8.02. The Morgan fingerprint density at radius 3 is 2.64 bits per heavy atom. The fraction of sp³-hybridized carbons (Fsp3) is 0.364. The first-order valence-corrected chi connectivity index (χ1v) is 9.65. The lowest BCUT2D eigenvalue weighted by molar-refractivity contribution is 0.0663. The van der Waals surface area contributed by atoms with Gasteiger partial charge in [0.1, 0.15) is 0 Å². The molecule has 6 nitrogen and oxygen atoms in total. The maximum Gasteiger partial charge on any atom is 0.255 e. The number of piperazine rings is 1. The molecule has 0 spiro atoms. The van der Waals surface area contributed by atoms with Crippen molar-refractivity contribution in [3.8, 4) is 0 Å². The van der Waals surface area contributed by atoms with Gasteiger partial charge in [0.05, 0.1) is 16.9 Å². The van der Waals surface area contributed by atoms with Crippen LogP contribution in [0.15, 0.2) is 46.8 Å². The van der Waals surface area contributed by atoms with E-state index < -0.39 is 0 Å². The minimum atomic E-state index is 0.0736. The van der Waals surface area contributed by atoms with Crippen LogP contribution in [0.3, 0.4) is 0 Å². The number of pyridine rings is 1. The van der Waals surface area contributed by atoms with Gasteiger partial charge in [-0.15, -0.1) is 0 Å². The zero-order valence-corrected chi connectivity index (χ0v) is 16.6. The normalized spacial score (nSPS) is 17.1. The number of hydrogen-bond donors (Lipinski definition) is 0. The smallest absolute Gasteiger partial charge is 0.255 e. The second kappa shape index (κ2) is 7.64. The molecule has 2 aliphatic rings. The van der Waals surface area contributed by atoms with Crippen molar-refractivity contribution in [3.63, 3.8) is 0 Å². The Labute approximate surface area is 165 Å². The molecule has 0 radical (unpaired) electrons. The average molecular weight is 375 g/mol. The maximum atomic E-state index is 12.9. The summed E-state index contributed by atoms with van der Waals surface area (Å²) in [5.41, 5.74) is 6.97. The molecule has 1 aromatic carbocycles. The fourth-order valence-electron chi connectivity index (χ4n) is 3.82. The first-order valence-electron chi connectivity index (χ1n) is 9.65. The number of allylic oxidation sites excluding steroid dienone is 1. The lowest BCUT2D eigenvalue weighted by atomic mass is 9.97. The van der Waals surface area contributed by atoms with Crippen LogP contribution in [0.5, 0.6) is 0 Å². The molecule has 0 atom stereocenters. The summed E-state index contributed by atoms with van der Waals surface area (Å²) >= 11 is 0. The molecule has 4 rings (SSSR count). The molecule has 1 aliphatic heterocycles. The highest BCUT2D eigenvalue weighted by Crippen LogP contribution is 2.34. The van der Waals surface area contributed by atoms with E-state index in [9.17, 15) is 4.79 Å². The highest BCUT2D eigenvalue weighted by atomic mass is 16.2. The van der Waals surface area contributed by atoms with E-state index in [0.717, 1.165) is 66.2 Å². The molecule has 1 aliphatic carbocycles. The van der Waals surface area contributed by atoms with Crippen LogP contribution in [0.1, 0.15) is 32.7 Å². The van der Waals surface area contributed by atoms with Crippen molar-refractivity contribution in [1.29, 1.82) is 0 Å². The van der Waals surface area contributed by atoms with E-state index >= 15 is 0 Å². The molecule has 6 heteroatoms. The number of benzene rings is 1. The number of carbonyl (C=O) groups is 1. The topological polar surface area (TPSA) is 61.2 Å². The highest BCUT2D eigenvalue weighted by molar-refractivity contribution is 5.96.